The predicted octanol–water partition coefficient (Wildman–Crippen LogP) is 2.27. The molecule has 0 aromatic heterocycles. The molecule has 1 atom stereocenters. The first-order valence-corrected chi connectivity index (χ1v) is 9.14. The van der Waals surface area contributed by atoms with Gasteiger partial charge in [-0.25, -0.2) is 0 Å². The number of non-ortho nitro benzene ring substituents is 1. The number of nitro benzene ring substituents is 1. The molecular formula is C16H19ClN4O4S. The van der Waals surface area contributed by atoms with E-state index < -0.39 is 4.92 Å². The monoisotopic (exact) mass is 398 g/mol. The number of amides is 1. The second kappa shape index (κ2) is 8.15. The fourth-order valence-electron chi connectivity index (χ4n) is 3.02. The van der Waals surface area contributed by atoms with Gasteiger partial charge < -0.3 is 19.9 Å². The van der Waals surface area contributed by atoms with E-state index in [0.29, 0.717) is 48.6 Å². The fraction of sp³-hybridized carbons (Fsp3) is 0.500. The van der Waals surface area contributed by atoms with Crippen molar-refractivity contribution in [3.05, 3.63) is 33.3 Å². The van der Waals surface area contributed by atoms with Crippen LogP contribution in [-0.2, 0) is 9.53 Å². The van der Waals surface area contributed by atoms with E-state index in [2.05, 4.69) is 5.32 Å². The molecule has 0 bridgehead atoms. The third-order valence-corrected chi connectivity index (χ3v) is 5.18. The quantitative estimate of drug-likeness (QED) is 0.474. The summed E-state index contributed by atoms with van der Waals surface area (Å²) in [5.41, 5.74) is 0.329. The van der Waals surface area contributed by atoms with Crippen LogP contribution >= 0.6 is 23.8 Å². The number of hydrogen-bond donors (Lipinski definition) is 1. The van der Waals surface area contributed by atoms with Crippen molar-refractivity contribution >= 4 is 46.2 Å². The number of carbonyl (C=O) groups is 1. The Bertz CT molecular complexity index is 718. The van der Waals surface area contributed by atoms with Crippen LogP contribution in [-0.4, -0.2) is 64.6 Å². The highest BCUT2D eigenvalue weighted by Gasteiger charge is 2.30. The second-order valence-corrected chi connectivity index (χ2v) is 6.96. The first kappa shape index (κ1) is 18.8. The number of rotatable bonds is 3. The average molecular weight is 399 g/mol. The Morgan fingerprint density at radius 1 is 1.31 bits per heavy atom. The van der Waals surface area contributed by atoms with Gasteiger partial charge in [0.25, 0.3) is 11.6 Å². The molecule has 1 amide bonds. The molecule has 0 spiro atoms. The zero-order valence-corrected chi connectivity index (χ0v) is 15.6. The van der Waals surface area contributed by atoms with Gasteiger partial charge in [0.1, 0.15) is 6.10 Å². The zero-order valence-electron chi connectivity index (χ0n) is 14.0. The molecule has 26 heavy (non-hydrogen) atoms. The normalized spacial score (nSPS) is 20.1. The average Bonchev–Trinajstić information content (AvgIpc) is 3.17. The lowest BCUT2D eigenvalue weighted by Gasteiger charge is -2.37. The minimum Gasteiger partial charge on any atom is -0.368 e. The van der Waals surface area contributed by atoms with Crippen molar-refractivity contribution in [2.75, 3.05) is 38.1 Å². The van der Waals surface area contributed by atoms with Crippen molar-refractivity contribution in [3.8, 4) is 0 Å². The van der Waals surface area contributed by atoms with Crippen molar-refractivity contribution in [2.24, 2.45) is 0 Å². The van der Waals surface area contributed by atoms with Crippen LogP contribution in [0.5, 0.6) is 0 Å². The van der Waals surface area contributed by atoms with E-state index in [1.54, 1.807) is 4.90 Å². The summed E-state index contributed by atoms with van der Waals surface area (Å²) in [6.45, 7) is 2.92. The Labute approximate surface area is 161 Å². The van der Waals surface area contributed by atoms with Gasteiger partial charge in [-0.1, -0.05) is 11.6 Å². The van der Waals surface area contributed by atoms with Gasteiger partial charge in [-0.3, -0.25) is 14.9 Å². The van der Waals surface area contributed by atoms with Crippen LogP contribution < -0.4 is 5.32 Å². The van der Waals surface area contributed by atoms with E-state index in [4.69, 9.17) is 28.6 Å². The molecule has 2 aliphatic rings. The van der Waals surface area contributed by atoms with Crippen LogP contribution in [0.3, 0.4) is 0 Å². The van der Waals surface area contributed by atoms with Gasteiger partial charge in [0.2, 0.25) is 0 Å². The van der Waals surface area contributed by atoms with Gasteiger partial charge in [0.05, 0.1) is 15.6 Å². The van der Waals surface area contributed by atoms with Gasteiger partial charge in [-0.05, 0) is 31.1 Å². The van der Waals surface area contributed by atoms with E-state index in [9.17, 15) is 14.9 Å². The molecule has 0 saturated carbocycles. The molecule has 140 valence electrons. The molecule has 2 aliphatic heterocycles. The van der Waals surface area contributed by atoms with Gasteiger partial charge in [0, 0.05) is 44.9 Å². The van der Waals surface area contributed by atoms with Crippen LogP contribution in [0.15, 0.2) is 18.2 Å². The lowest BCUT2D eigenvalue weighted by atomic mass is 10.2. The van der Waals surface area contributed by atoms with Crippen molar-refractivity contribution in [1.82, 2.24) is 9.80 Å². The van der Waals surface area contributed by atoms with Gasteiger partial charge in [0.15, 0.2) is 5.11 Å². The summed E-state index contributed by atoms with van der Waals surface area (Å²) in [6.07, 6.45) is 1.40. The summed E-state index contributed by atoms with van der Waals surface area (Å²) in [5.74, 6) is 0.0442. The largest absolute Gasteiger partial charge is 0.368 e. The first-order chi connectivity index (χ1) is 12.5. The molecule has 0 aliphatic carbocycles. The number of thiocarbonyl (C=S) groups is 1. The molecular weight excluding hydrogens is 380 g/mol. The van der Waals surface area contributed by atoms with E-state index in [1.165, 1.54) is 18.2 Å². The molecule has 0 radical (unpaired) electrons. The van der Waals surface area contributed by atoms with Gasteiger partial charge >= 0.3 is 0 Å². The summed E-state index contributed by atoms with van der Waals surface area (Å²) in [4.78, 5) is 26.5. The van der Waals surface area contributed by atoms with Crippen LogP contribution in [0.25, 0.3) is 0 Å². The SMILES string of the molecule is O=C(C1CCCO1)N1CCN(C(=S)Nc2cc([N+](=O)[O-])ccc2Cl)CC1. The molecule has 8 nitrogen and oxygen atoms in total. The van der Waals surface area contributed by atoms with Crippen LogP contribution in [0, 0.1) is 10.1 Å². The molecule has 1 aromatic rings. The highest BCUT2D eigenvalue weighted by atomic mass is 35.5. The maximum absolute atomic E-state index is 12.4. The Balaban J connectivity index is 1.56. The van der Waals surface area contributed by atoms with Crippen molar-refractivity contribution in [1.29, 1.82) is 0 Å². The number of carbonyl (C=O) groups excluding carboxylic acids is 1. The second-order valence-electron chi connectivity index (χ2n) is 6.17. The van der Waals surface area contributed by atoms with E-state index in [-0.39, 0.29) is 17.7 Å². The topological polar surface area (TPSA) is 88.0 Å². The Morgan fingerprint density at radius 2 is 2.00 bits per heavy atom. The van der Waals surface area contributed by atoms with Crippen molar-refractivity contribution in [3.63, 3.8) is 0 Å². The molecule has 2 saturated heterocycles. The zero-order chi connectivity index (χ0) is 18.7. The molecule has 1 N–H and O–H groups in total. The summed E-state index contributed by atoms with van der Waals surface area (Å²) < 4.78 is 5.45. The minimum atomic E-state index is -0.486. The first-order valence-electron chi connectivity index (χ1n) is 8.36. The lowest BCUT2D eigenvalue weighted by Crippen LogP contribution is -2.53. The summed E-state index contributed by atoms with van der Waals surface area (Å²) >= 11 is 11.5. The maximum atomic E-state index is 12.4. The molecule has 1 aromatic carbocycles. The molecule has 2 heterocycles. The van der Waals surface area contributed by atoms with E-state index in [1.807, 2.05) is 4.90 Å². The summed E-state index contributed by atoms with van der Waals surface area (Å²) in [6, 6.07) is 4.15. The number of nitrogens with zero attached hydrogens (tertiary/aromatic N) is 3. The Hall–Kier alpha value is -1.97. The smallest absolute Gasteiger partial charge is 0.271 e. The van der Waals surface area contributed by atoms with Crippen molar-refractivity contribution in [2.45, 2.75) is 18.9 Å². The van der Waals surface area contributed by atoms with Crippen LogP contribution in [0.2, 0.25) is 5.02 Å². The number of anilines is 1. The maximum Gasteiger partial charge on any atom is 0.271 e. The number of piperazine rings is 1. The number of ether oxygens (including phenoxy) is 1. The molecule has 10 heteroatoms. The van der Waals surface area contributed by atoms with E-state index in [0.717, 1.165) is 12.8 Å². The number of nitro groups is 1. The third kappa shape index (κ3) is 4.22. The number of nitrogens with one attached hydrogen (secondary N) is 1. The van der Waals surface area contributed by atoms with Crippen LogP contribution in [0.1, 0.15) is 12.8 Å². The highest BCUT2D eigenvalue weighted by Crippen LogP contribution is 2.27. The molecule has 2 fully saturated rings. The number of halogens is 1. The minimum absolute atomic E-state index is 0.0442. The highest BCUT2D eigenvalue weighted by molar-refractivity contribution is 7.80. The summed E-state index contributed by atoms with van der Waals surface area (Å²) in [7, 11) is 0. The predicted molar refractivity (Wildman–Crippen MR) is 101 cm³/mol. The van der Waals surface area contributed by atoms with Gasteiger partial charge in [-0.15, -0.1) is 0 Å². The van der Waals surface area contributed by atoms with E-state index >= 15 is 0 Å². The Kier molecular flexibility index (Phi) is 5.90. The standard InChI is InChI=1S/C16H19ClN4O4S/c17-12-4-3-11(21(23)24)10-13(12)18-16(26)20-7-5-19(6-8-20)15(22)14-2-1-9-25-14/h3-4,10,14H,1-2,5-9H2,(H,18,26). The lowest BCUT2D eigenvalue weighted by molar-refractivity contribution is -0.384. The number of hydrogen-bond acceptors (Lipinski definition) is 5. The fourth-order valence-corrected chi connectivity index (χ4v) is 3.48. The van der Waals surface area contributed by atoms with Gasteiger partial charge in [-0.2, -0.15) is 0 Å². The molecule has 3 rings (SSSR count). The van der Waals surface area contributed by atoms with Crippen LogP contribution in [0.4, 0.5) is 11.4 Å². The Morgan fingerprint density at radius 3 is 2.62 bits per heavy atom. The van der Waals surface area contributed by atoms with Crippen molar-refractivity contribution < 1.29 is 14.5 Å². The molecule has 1 unspecified atom stereocenters. The third-order valence-electron chi connectivity index (χ3n) is 4.49. The summed E-state index contributed by atoms with van der Waals surface area (Å²) in [5, 5.41) is 14.7. The number of benzene rings is 1.